The largest absolute Gasteiger partial charge is 0.409 e. The molecule has 1 rings (SSSR count). The van der Waals surface area contributed by atoms with Crippen LogP contribution in [0.15, 0.2) is 5.16 Å². The minimum Gasteiger partial charge on any atom is -0.409 e. The maximum absolute atomic E-state index is 8.09. The summed E-state index contributed by atoms with van der Waals surface area (Å²) in [4.78, 5) is 0. The molecule has 1 aliphatic heterocycles. The van der Waals surface area contributed by atoms with Crippen LogP contribution in [0.3, 0.4) is 0 Å². The molecule has 0 saturated carbocycles. The summed E-state index contributed by atoms with van der Waals surface area (Å²) in [6.45, 7) is 1.39. The average Bonchev–Trinajstić information content (AvgIpc) is 1.84. The van der Waals surface area contributed by atoms with Crippen LogP contribution < -0.4 is 5.73 Å². The standard InChI is InChI=1S/C5H10N2O3/c6-5(7-8)3-10-4-1-9-2-4/h4,8H,1-3H2,(H2,6,7). The van der Waals surface area contributed by atoms with Gasteiger partial charge in [-0.15, -0.1) is 0 Å². The molecule has 0 aromatic heterocycles. The molecule has 0 atom stereocenters. The summed E-state index contributed by atoms with van der Waals surface area (Å²) in [7, 11) is 0. The highest BCUT2D eigenvalue weighted by molar-refractivity contribution is 5.80. The quantitative estimate of drug-likeness (QED) is 0.235. The fraction of sp³-hybridized carbons (Fsp3) is 0.800. The monoisotopic (exact) mass is 146 g/mol. The molecule has 0 aromatic rings. The molecule has 1 heterocycles. The lowest BCUT2D eigenvalue weighted by atomic mass is 10.3. The van der Waals surface area contributed by atoms with Crippen molar-refractivity contribution in [1.29, 1.82) is 0 Å². The predicted molar refractivity (Wildman–Crippen MR) is 34.0 cm³/mol. The first kappa shape index (κ1) is 7.30. The third-order valence-corrected chi connectivity index (χ3v) is 1.20. The highest BCUT2D eigenvalue weighted by Crippen LogP contribution is 2.03. The summed E-state index contributed by atoms with van der Waals surface area (Å²) in [5, 5.41) is 10.8. The first-order chi connectivity index (χ1) is 4.83. The molecule has 58 valence electrons. The molecule has 1 fully saturated rings. The van der Waals surface area contributed by atoms with Gasteiger partial charge in [0.05, 0.1) is 13.2 Å². The second kappa shape index (κ2) is 3.38. The first-order valence-electron chi connectivity index (χ1n) is 2.98. The van der Waals surface area contributed by atoms with Gasteiger partial charge in [-0.2, -0.15) is 0 Å². The Labute approximate surface area is 58.4 Å². The predicted octanol–water partition coefficient (Wildman–Crippen LogP) is -0.852. The van der Waals surface area contributed by atoms with Crippen LogP contribution in [-0.2, 0) is 9.47 Å². The van der Waals surface area contributed by atoms with E-state index in [1.54, 1.807) is 0 Å². The normalized spacial score (nSPS) is 20.6. The molecule has 0 aromatic carbocycles. The van der Waals surface area contributed by atoms with Crippen molar-refractivity contribution in [2.24, 2.45) is 10.9 Å². The SMILES string of the molecule is N/C(COC1COC1)=N\O. The van der Waals surface area contributed by atoms with Crippen LogP contribution in [0, 0.1) is 0 Å². The Balaban J connectivity index is 2.04. The number of amidine groups is 1. The molecule has 0 aliphatic carbocycles. The van der Waals surface area contributed by atoms with Gasteiger partial charge in [0.15, 0.2) is 5.84 Å². The molecule has 5 heteroatoms. The van der Waals surface area contributed by atoms with Gasteiger partial charge >= 0.3 is 0 Å². The molecular weight excluding hydrogens is 136 g/mol. The third-order valence-electron chi connectivity index (χ3n) is 1.20. The lowest BCUT2D eigenvalue weighted by Gasteiger charge is -2.25. The first-order valence-corrected chi connectivity index (χ1v) is 2.98. The van der Waals surface area contributed by atoms with Crippen molar-refractivity contribution in [3.63, 3.8) is 0 Å². The van der Waals surface area contributed by atoms with E-state index in [0.717, 1.165) is 0 Å². The van der Waals surface area contributed by atoms with Crippen molar-refractivity contribution in [1.82, 2.24) is 0 Å². The van der Waals surface area contributed by atoms with Crippen LogP contribution in [0.5, 0.6) is 0 Å². The number of rotatable bonds is 3. The number of hydrogen-bond acceptors (Lipinski definition) is 4. The van der Waals surface area contributed by atoms with Crippen LogP contribution in [0.1, 0.15) is 0 Å². The maximum Gasteiger partial charge on any atom is 0.165 e. The van der Waals surface area contributed by atoms with E-state index in [-0.39, 0.29) is 18.5 Å². The lowest BCUT2D eigenvalue weighted by molar-refractivity contribution is -0.120. The highest BCUT2D eigenvalue weighted by atomic mass is 16.6. The second-order valence-electron chi connectivity index (χ2n) is 2.06. The van der Waals surface area contributed by atoms with Gasteiger partial charge in [0, 0.05) is 0 Å². The van der Waals surface area contributed by atoms with Crippen LogP contribution in [0.25, 0.3) is 0 Å². The van der Waals surface area contributed by atoms with Crippen LogP contribution >= 0.6 is 0 Å². The Bertz CT molecular complexity index is 133. The van der Waals surface area contributed by atoms with Gasteiger partial charge in [-0.1, -0.05) is 5.16 Å². The Kier molecular flexibility index (Phi) is 2.47. The Morgan fingerprint density at radius 3 is 2.90 bits per heavy atom. The van der Waals surface area contributed by atoms with E-state index in [9.17, 15) is 0 Å². The van der Waals surface area contributed by atoms with Crippen molar-refractivity contribution in [3.8, 4) is 0 Å². The number of oxime groups is 1. The summed E-state index contributed by atoms with van der Waals surface area (Å²) in [6.07, 6.45) is 0.125. The topological polar surface area (TPSA) is 77.1 Å². The molecule has 0 unspecified atom stereocenters. The summed E-state index contributed by atoms with van der Waals surface area (Å²) < 4.78 is 9.92. The van der Waals surface area contributed by atoms with Gasteiger partial charge in [0.25, 0.3) is 0 Å². The summed E-state index contributed by atoms with van der Waals surface area (Å²) in [6, 6.07) is 0. The van der Waals surface area contributed by atoms with E-state index in [1.807, 2.05) is 0 Å². The van der Waals surface area contributed by atoms with Crippen molar-refractivity contribution in [2.75, 3.05) is 19.8 Å². The fourth-order valence-electron chi connectivity index (χ4n) is 0.542. The summed E-state index contributed by atoms with van der Waals surface area (Å²) in [5.74, 6) is 0.0897. The molecule has 0 radical (unpaired) electrons. The van der Waals surface area contributed by atoms with E-state index in [1.165, 1.54) is 0 Å². The zero-order valence-corrected chi connectivity index (χ0v) is 5.49. The smallest absolute Gasteiger partial charge is 0.165 e. The Morgan fingerprint density at radius 2 is 2.50 bits per heavy atom. The van der Waals surface area contributed by atoms with Gasteiger partial charge in [-0.05, 0) is 0 Å². The van der Waals surface area contributed by atoms with Crippen molar-refractivity contribution in [2.45, 2.75) is 6.10 Å². The Hall–Kier alpha value is -0.810. The van der Waals surface area contributed by atoms with Crippen LogP contribution in [0.4, 0.5) is 0 Å². The average molecular weight is 146 g/mol. The lowest BCUT2D eigenvalue weighted by Crippen LogP contribution is -2.38. The molecule has 1 saturated heterocycles. The molecular formula is C5H10N2O3. The molecule has 1 aliphatic rings. The van der Waals surface area contributed by atoms with Gasteiger partial charge in [0.1, 0.15) is 12.7 Å². The molecule has 10 heavy (non-hydrogen) atoms. The van der Waals surface area contributed by atoms with Crippen molar-refractivity contribution >= 4 is 5.84 Å². The second-order valence-corrected chi connectivity index (χ2v) is 2.06. The number of nitrogens with two attached hydrogens (primary N) is 1. The highest BCUT2D eigenvalue weighted by Gasteiger charge is 2.18. The van der Waals surface area contributed by atoms with E-state index in [0.29, 0.717) is 13.2 Å². The van der Waals surface area contributed by atoms with E-state index < -0.39 is 0 Å². The minimum atomic E-state index is 0.0897. The molecule has 3 N–H and O–H groups in total. The third kappa shape index (κ3) is 1.85. The van der Waals surface area contributed by atoms with Gasteiger partial charge < -0.3 is 20.4 Å². The molecule has 0 amide bonds. The van der Waals surface area contributed by atoms with Gasteiger partial charge in [-0.25, -0.2) is 0 Å². The fourth-order valence-corrected chi connectivity index (χ4v) is 0.542. The summed E-state index contributed by atoms with van der Waals surface area (Å²) in [5.41, 5.74) is 5.13. The number of ether oxygens (including phenoxy) is 2. The molecule has 0 bridgehead atoms. The van der Waals surface area contributed by atoms with E-state index >= 15 is 0 Å². The van der Waals surface area contributed by atoms with Crippen molar-refractivity contribution in [3.05, 3.63) is 0 Å². The number of nitrogens with zero attached hydrogens (tertiary/aromatic N) is 1. The molecule has 5 nitrogen and oxygen atoms in total. The van der Waals surface area contributed by atoms with Gasteiger partial charge in [-0.3, -0.25) is 0 Å². The Morgan fingerprint density at radius 1 is 1.80 bits per heavy atom. The van der Waals surface area contributed by atoms with Gasteiger partial charge in [0.2, 0.25) is 0 Å². The van der Waals surface area contributed by atoms with Crippen LogP contribution in [0.2, 0.25) is 0 Å². The minimum absolute atomic E-state index is 0.0897. The number of hydrogen-bond donors (Lipinski definition) is 2. The van der Waals surface area contributed by atoms with Crippen LogP contribution in [-0.4, -0.2) is 37.0 Å². The zero-order valence-electron chi connectivity index (χ0n) is 5.49. The molecule has 0 spiro atoms. The van der Waals surface area contributed by atoms with E-state index in [2.05, 4.69) is 5.16 Å². The van der Waals surface area contributed by atoms with Crippen molar-refractivity contribution < 1.29 is 14.7 Å². The summed E-state index contributed by atoms with van der Waals surface area (Å²) >= 11 is 0. The van der Waals surface area contributed by atoms with E-state index in [4.69, 9.17) is 20.4 Å². The zero-order chi connectivity index (χ0) is 7.40. The maximum atomic E-state index is 8.09.